The first-order valence-corrected chi connectivity index (χ1v) is 22.0. The number of methoxy groups -OCH3 is 3. The summed E-state index contributed by atoms with van der Waals surface area (Å²) >= 11 is 0. The minimum Gasteiger partial charge on any atom is -0.456 e. The van der Waals surface area contributed by atoms with Crippen molar-refractivity contribution in [2.45, 2.75) is 160 Å². The summed E-state index contributed by atoms with van der Waals surface area (Å²) in [4.78, 5) is 44.2. The highest BCUT2D eigenvalue weighted by molar-refractivity contribution is 6.39. The van der Waals surface area contributed by atoms with Crippen LogP contribution in [0, 0.1) is 35.0 Å². The number of ketones is 1. The van der Waals surface area contributed by atoms with Crippen molar-refractivity contribution < 1.29 is 58.1 Å². The number of nitrogens with one attached hydrogen (secondary N) is 1. The number of hydrogen-bond acceptors (Lipinski definition) is 13. The number of nitrogens with zero attached hydrogens (tertiary/aromatic N) is 1. The van der Waals surface area contributed by atoms with E-state index in [2.05, 4.69) is 25.7 Å². The van der Waals surface area contributed by atoms with E-state index in [0.717, 1.165) is 12.0 Å². The van der Waals surface area contributed by atoms with Gasteiger partial charge in [0, 0.05) is 57.8 Å². The van der Waals surface area contributed by atoms with Gasteiger partial charge in [-0.3, -0.25) is 9.59 Å². The Labute approximate surface area is 357 Å². The zero-order chi connectivity index (χ0) is 44.3. The minimum atomic E-state index is -2.50. The fourth-order valence-electron chi connectivity index (χ4n) is 9.84. The molecule has 3 heterocycles. The number of Topliss-reactive ketones (excluding diaryl/α,β-unsaturated/α-hetero) is 1. The van der Waals surface area contributed by atoms with Gasteiger partial charge >= 0.3 is 5.97 Å². The van der Waals surface area contributed by atoms with Gasteiger partial charge in [-0.2, -0.15) is 0 Å². The van der Waals surface area contributed by atoms with Gasteiger partial charge in [0.2, 0.25) is 5.79 Å². The molecule has 14 nitrogen and oxygen atoms in total. The molecule has 0 aromatic rings. The van der Waals surface area contributed by atoms with Crippen LogP contribution in [0.2, 0.25) is 0 Å². The zero-order valence-electron chi connectivity index (χ0n) is 37.3. The molecule has 1 aliphatic carbocycles. The Morgan fingerprint density at radius 1 is 0.983 bits per heavy atom. The molecule has 4 N–H and O–H groups in total. The van der Waals surface area contributed by atoms with Crippen molar-refractivity contribution in [2.75, 3.05) is 41.1 Å². The minimum absolute atomic E-state index is 0.0296. The van der Waals surface area contributed by atoms with Crippen molar-refractivity contribution in [1.82, 2.24) is 4.90 Å². The van der Waals surface area contributed by atoms with Gasteiger partial charge in [0.1, 0.15) is 18.2 Å². The number of aliphatic hydroxyl groups excluding tert-OH is 2. The van der Waals surface area contributed by atoms with Crippen molar-refractivity contribution in [3.05, 3.63) is 36.0 Å². The van der Waals surface area contributed by atoms with Crippen LogP contribution in [0.3, 0.4) is 0 Å². The maximum absolute atomic E-state index is 14.4. The molecular weight excluding hydrogens is 773 g/mol. The van der Waals surface area contributed by atoms with Gasteiger partial charge in [0.25, 0.3) is 11.7 Å². The molecule has 4 aliphatic rings. The van der Waals surface area contributed by atoms with Crippen LogP contribution >= 0.6 is 0 Å². The molecular formula is C46H74N2O12. The third kappa shape index (κ3) is 12.2. The van der Waals surface area contributed by atoms with Crippen LogP contribution in [0.15, 0.2) is 36.0 Å². The molecule has 3 fully saturated rings. The van der Waals surface area contributed by atoms with E-state index in [1.807, 2.05) is 13.8 Å². The first kappa shape index (κ1) is 49.8. The molecule has 0 aromatic heterocycles. The molecule has 340 valence electrons. The predicted molar refractivity (Wildman–Crippen MR) is 226 cm³/mol. The van der Waals surface area contributed by atoms with Crippen LogP contribution in [-0.2, 0) is 42.8 Å². The summed E-state index contributed by atoms with van der Waals surface area (Å²) in [6.45, 7) is 13.6. The zero-order valence-corrected chi connectivity index (χ0v) is 37.3. The van der Waals surface area contributed by atoms with E-state index < -0.39 is 71.8 Å². The summed E-state index contributed by atoms with van der Waals surface area (Å²) < 4.78 is 36.0. The Morgan fingerprint density at radius 2 is 1.67 bits per heavy atom. The summed E-state index contributed by atoms with van der Waals surface area (Å²) in [6.07, 6.45) is 6.82. The molecule has 2 saturated heterocycles. The summed E-state index contributed by atoms with van der Waals surface area (Å²) in [7, 11) is 4.71. The third-order valence-corrected chi connectivity index (χ3v) is 13.3. The standard InChI is InChI=1S/C46H74N2O12/c1-10-13-33-21-27(2)20-28(3)22-39(56-8)42-40(57-9)24-30(5)46(54,60-42)43(51)44(52)48-17-12-11-14-35(48)45(53)59-41(31(6)36(50)26-34(33)47)29(4)23-32-15-16-37(58-19-18-49)38(25-32)55-7/h10,21,23,28,30-33,35-42,47,49-50,54H,1,11-20,22,24-26H2,2-9H3/b27-21+,29-23+,47-34?/t28-,30+,31+,32-,33+,35-,36-,37+,38+,39-,40-,41+,42+,46+/m0/s1. The van der Waals surface area contributed by atoms with Crippen LogP contribution in [0.4, 0.5) is 0 Å². The Hall–Kier alpha value is -2.82. The van der Waals surface area contributed by atoms with Crippen LogP contribution in [0.5, 0.6) is 0 Å². The highest BCUT2D eigenvalue weighted by Gasteiger charge is 2.56. The summed E-state index contributed by atoms with van der Waals surface area (Å²) in [5, 5.41) is 42.4. The number of ether oxygens (including phenoxy) is 6. The van der Waals surface area contributed by atoms with Crippen molar-refractivity contribution in [3.8, 4) is 0 Å². The summed E-state index contributed by atoms with van der Waals surface area (Å²) in [6, 6.07) is -1.12. The van der Waals surface area contributed by atoms with E-state index in [9.17, 15) is 35.1 Å². The second-order valence-electron chi connectivity index (χ2n) is 17.9. The van der Waals surface area contributed by atoms with E-state index in [-0.39, 0.29) is 69.0 Å². The monoisotopic (exact) mass is 847 g/mol. The topological polar surface area (TPSA) is 194 Å². The number of esters is 1. The van der Waals surface area contributed by atoms with Crippen molar-refractivity contribution in [2.24, 2.45) is 29.6 Å². The maximum atomic E-state index is 14.4. The highest BCUT2D eigenvalue weighted by atomic mass is 16.7. The molecule has 3 aliphatic heterocycles. The number of allylic oxidation sites excluding steroid dienone is 4. The lowest BCUT2D eigenvalue weighted by Gasteiger charge is -2.47. The number of piperidine rings is 1. The lowest BCUT2D eigenvalue weighted by Crippen LogP contribution is -2.64. The number of fused-ring (bicyclic) bond motifs is 3. The van der Waals surface area contributed by atoms with Gasteiger partial charge < -0.3 is 54.0 Å². The predicted octanol–water partition coefficient (Wildman–Crippen LogP) is 5.11. The van der Waals surface area contributed by atoms with Crippen LogP contribution in [0.25, 0.3) is 0 Å². The molecule has 1 amide bonds. The number of amides is 1. The second kappa shape index (κ2) is 23.0. The van der Waals surface area contributed by atoms with Crippen LogP contribution < -0.4 is 0 Å². The number of rotatable bonds is 10. The lowest BCUT2D eigenvalue weighted by molar-refractivity contribution is -0.302. The van der Waals surface area contributed by atoms with Crippen LogP contribution in [-0.4, -0.2) is 139 Å². The van der Waals surface area contributed by atoms with E-state index in [4.69, 9.17) is 28.4 Å². The molecule has 2 bridgehead atoms. The molecule has 4 rings (SSSR count). The first-order chi connectivity index (χ1) is 28.5. The first-order valence-electron chi connectivity index (χ1n) is 22.0. The Kier molecular flexibility index (Phi) is 19.1. The molecule has 0 unspecified atom stereocenters. The molecule has 0 spiro atoms. The second-order valence-corrected chi connectivity index (χ2v) is 17.9. The van der Waals surface area contributed by atoms with Crippen molar-refractivity contribution in [1.29, 1.82) is 5.41 Å². The smallest absolute Gasteiger partial charge is 0.329 e. The molecule has 14 heteroatoms. The molecule has 0 radical (unpaired) electrons. The molecule has 0 aromatic carbocycles. The summed E-state index contributed by atoms with van der Waals surface area (Å²) in [5.41, 5.74) is 2.07. The highest BCUT2D eigenvalue weighted by Crippen LogP contribution is 2.39. The van der Waals surface area contributed by atoms with Gasteiger partial charge in [-0.1, -0.05) is 44.6 Å². The normalized spacial score (nSPS) is 39.5. The third-order valence-electron chi connectivity index (χ3n) is 13.3. The largest absolute Gasteiger partial charge is 0.456 e. The van der Waals surface area contributed by atoms with E-state index in [1.54, 1.807) is 34.1 Å². The van der Waals surface area contributed by atoms with Gasteiger partial charge in [0.05, 0.1) is 43.7 Å². The Bertz CT molecular complexity index is 1530. The van der Waals surface area contributed by atoms with E-state index in [0.29, 0.717) is 56.2 Å². The van der Waals surface area contributed by atoms with Gasteiger partial charge in [-0.25, -0.2) is 4.79 Å². The number of hydrogen-bond donors (Lipinski definition) is 4. The average Bonchev–Trinajstić information content (AvgIpc) is 3.23. The van der Waals surface area contributed by atoms with E-state index in [1.165, 1.54) is 12.0 Å². The lowest BCUT2D eigenvalue weighted by atomic mass is 9.81. The maximum Gasteiger partial charge on any atom is 0.329 e. The quantitative estimate of drug-likeness (QED) is 0.129. The fraction of sp³-hybridized carbons (Fsp3) is 0.783. The van der Waals surface area contributed by atoms with Crippen molar-refractivity contribution >= 4 is 23.4 Å². The number of carbonyl (C=O) groups is 3. The Morgan fingerprint density at radius 3 is 2.32 bits per heavy atom. The summed E-state index contributed by atoms with van der Waals surface area (Å²) in [5.74, 6) is -7.13. The fourth-order valence-corrected chi connectivity index (χ4v) is 9.84. The van der Waals surface area contributed by atoms with E-state index >= 15 is 0 Å². The van der Waals surface area contributed by atoms with Gasteiger partial charge in [-0.15, -0.1) is 6.58 Å². The average molecular weight is 847 g/mol. The van der Waals surface area contributed by atoms with Crippen LogP contribution in [0.1, 0.15) is 105 Å². The van der Waals surface area contributed by atoms with Crippen molar-refractivity contribution in [3.63, 3.8) is 0 Å². The Balaban J connectivity index is 1.76. The number of aliphatic hydroxyl groups is 3. The number of cyclic esters (lactones) is 1. The number of carbonyl (C=O) groups excluding carboxylic acids is 3. The van der Waals surface area contributed by atoms with Gasteiger partial charge in [-0.05, 0) is 95.5 Å². The SMILES string of the molecule is C=CC[C@@H]1/C=C(\C)C[C@H](C)C[C@H](OC)[C@H]2O[C@@](O)(C(=O)C(=O)N3CCCC[C@H]3C(=O)O[C@H](/C(C)=C/[C@@H]3CC[C@@H](OCCO)[C@H](OC)C3)[C@H](C)[C@@H](O)CC1=N)[C@H](C)C[C@@H]2OC. The van der Waals surface area contributed by atoms with Gasteiger partial charge in [0.15, 0.2) is 0 Å². The molecule has 60 heavy (non-hydrogen) atoms. The molecule has 1 saturated carbocycles. The molecule has 14 atom stereocenters.